The van der Waals surface area contributed by atoms with Gasteiger partial charge in [-0.15, -0.1) is 0 Å². The van der Waals surface area contributed by atoms with Gasteiger partial charge < -0.3 is 25.3 Å². The largest absolute Gasteiger partial charge is 0.552 e. The standard InChI is InChI=1S/C18H21BN4O3/c24-18(14-2-1-4-20-14)23-11-6-10(7-11)13-8-19(25)26-15-9-22-17-12(16(13)15)3-5-21-17/h3,5,8-11,14,20,25H,1-2,4,6-7H2,(H,21,22)(H,23,24)/t10-,11+,14?. The van der Waals surface area contributed by atoms with Gasteiger partial charge in [0.2, 0.25) is 5.91 Å². The number of amides is 1. The van der Waals surface area contributed by atoms with Crippen molar-refractivity contribution in [2.45, 2.75) is 37.8 Å². The molecule has 8 heteroatoms. The maximum atomic E-state index is 12.3. The zero-order valence-electron chi connectivity index (χ0n) is 14.4. The van der Waals surface area contributed by atoms with Gasteiger partial charge in [-0.1, -0.05) is 0 Å². The van der Waals surface area contributed by atoms with E-state index in [1.165, 1.54) is 0 Å². The molecule has 5 rings (SSSR count). The molecular weight excluding hydrogens is 331 g/mol. The van der Waals surface area contributed by atoms with Crippen molar-refractivity contribution in [3.63, 3.8) is 0 Å². The Morgan fingerprint density at radius 3 is 3.12 bits per heavy atom. The van der Waals surface area contributed by atoms with Crippen LogP contribution in [0, 0.1) is 5.92 Å². The Balaban J connectivity index is 1.34. The summed E-state index contributed by atoms with van der Waals surface area (Å²) in [6.07, 6.45) is 7.26. The molecule has 2 aliphatic heterocycles. The second kappa shape index (κ2) is 6.14. The molecule has 134 valence electrons. The number of aromatic amines is 1. The molecule has 4 heterocycles. The van der Waals surface area contributed by atoms with Crippen molar-refractivity contribution in [2.75, 3.05) is 6.54 Å². The number of hydrogen-bond donors (Lipinski definition) is 4. The summed E-state index contributed by atoms with van der Waals surface area (Å²) < 4.78 is 5.54. The minimum absolute atomic E-state index is 0.0375. The number of nitrogens with zero attached hydrogens (tertiary/aromatic N) is 1. The van der Waals surface area contributed by atoms with Crippen LogP contribution in [0.15, 0.2) is 24.4 Å². The molecule has 1 aliphatic carbocycles. The van der Waals surface area contributed by atoms with Gasteiger partial charge in [0.05, 0.1) is 12.2 Å². The Kier molecular flexibility index (Phi) is 3.75. The Labute approximate surface area is 151 Å². The van der Waals surface area contributed by atoms with E-state index in [2.05, 4.69) is 20.6 Å². The molecule has 4 N–H and O–H groups in total. The average Bonchev–Trinajstić information content (AvgIpc) is 3.27. The van der Waals surface area contributed by atoms with Crippen LogP contribution in [0.25, 0.3) is 16.6 Å². The molecule has 1 amide bonds. The number of aromatic nitrogens is 2. The summed E-state index contributed by atoms with van der Waals surface area (Å²) in [5, 5.41) is 17.5. The van der Waals surface area contributed by atoms with E-state index in [1.807, 2.05) is 12.3 Å². The molecule has 1 unspecified atom stereocenters. The van der Waals surface area contributed by atoms with Gasteiger partial charge >= 0.3 is 7.12 Å². The first-order valence-corrected chi connectivity index (χ1v) is 9.25. The zero-order valence-corrected chi connectivity index (χ0v) is 14.4. The summed E-state index contributed by atoms with van der Waals surface area (Å²) >= 11 is 0. The molecule has 2 fully saturated rings. The average molecular weight is 352 g/mol. The third-order valence-corrected chi connectivity index (χ3v) is 5.71. The third kappa shape index (κ3) is 2.60. The molecule has 0 spiro atoms. The van der Waals surface area contributed by atoms with Gasteiger partial charge in [-0.05, 0) is 55.8 Å². The van der Waals surface area contributed by atoms with Crippen molar-refractivity contribution >= 4 is 29.6 Å². The van der Waals surface area contributed by atoms with Gasteiger partial charge in [0.1, 0.15) is 11.4 Å². The van der Waals surface area contributed by atoms with Crippen molar-refractivity contribution in [2.24, 2.45) is 5.92 Å². The molecule has 2 aromatic heterocycles. The molecule has 0 radical (unpaired) electrons. The van der Waals surface area contributed by atoms with E-state index >= 15 is 0 Å². The first-order chi connectivity index (χ1) is 12.7. The molecule has 0 aromatic carbocycles. The third-order valence-electron chi connectivity index (χ3n) is 5.71. The van der Waals surface area contributed by atoms with Crippen molar-refractivity contribution in [1.29, 1.82) is 0 Å². The number of carbonyl (C=O) groups excluding carboxylic acids is 1. The second-order valence-corrected chi connectivity index (χ2v) is 7.39. The van der Waals surface area contributed by atoms with E-state index in [4.69, 9.17) is 4.65 Å². The molecule has 1 atom stereocenters. The number of pyridine rings is 1. The topological polar surface area (TPSA) is 99.3 Å². The van der Waals surface area contributed by atoms with Gasteiger partial charge in [0.15, 0.2) is 0 Å². The monoisotopic (exact) mass is 352 g/mol. The predicted octanol–water partition coefficient (Wildman–Crippen LogP) is 1.01. The highest BCUT2D eigenvalue weighted by atomic mass is 16.5. The molecule has 1 saturated carbocycles. The SMILES string of the molecule is O=C(N[C@H]1C[C@@H](C2=CB(O)Oc3cnc4[nH]ccc4c32)C1)C1CCCN1. The number of carbonyl (C=O) groups is 1. The van der Waals surface area contributed by atoms with Crippen LogP contribution in [0.5, 0.6) is 5.75 Å². The number of allylic oxidation sites excluding steroid dienone is 1. The fourth-order valence-corrected chi connectivity index (χ4v) is 4.32. The molecule has 7 nitrogen and oxygen atoms in total. The lowest BCUT2D eigenvalue weighted by Gasteiger charge is -2.39. The van der Waals surface area contributed by atoms with Crippen molar-refractivity contribution in [3.05, 3.63) is 30.0 Å². The lowest BCUT2D eigenvalue weighted by atomic mass is 9.68. The van der Waals surface area contributed by atoms with Gasteiger partial charge in [0, 0.05) is 23.2 Å². The molecule has 3 aliphatic rings. The minimum atomic E-state index is -0.952. The van der Waals surface area contributed by atoms with Crippen molar-refractivity contribution in [1.82, 2.24) is 20.6 Å². The van der Waals surface area contributed by atoms with Gasteiger partial charge in [0.25, 0.3) is 0 Å². The summed E-state index contributed by atoms with van der Waals surface area (Å²) in [5.41, 5.74) is 2.91. The normalized spacial score (nSPS) is 27.5. The second-order valence-electron chi connectivity index (χ2n) is 7.39. The minimum Gasteiger partial charge on any atom is -0.531 e. The highest BCUT2D eigenvalue weighted by Crippen LogP contribution is 2.45. The number of H-pyrrole nitrogens is 1. The molecule has 2 aromatic rings. The fourth-order valence-electron chi connectivity index (χ4n) is 4.32. The number of nitrogens with one attached hydrogen (secondary N) is 3. The molecule has 0 bridgehead atoms. The highest BCUT2D eigenvalue weighted by Gasteiger charge is 2.38. The van der Waals surface area contributed by atoms with Crippen LogP contribution >= 0.6 is 0 Å². The van der Waals surface area contributed by atoms with E-state index in [-0.39, 0.29) is 18.0 Å². The molecule has 1 saturated heterocycles. The lowest BCUT2D eigenvalue weighted by molar-refractivity contribution is -0.124. The van der Waals surface area contributed by atoms with Crippen LogP contribution in [0.1, 0.15) is 31.2 Å². The zero-order chi connectivity index (χ0) is 17.7. The van der Waals surface area contributed by atoms with Gasteiger partial charge in [-0.2, -0.15) is 0 Å². The maximum absolute atomic E-state index is 12.3. The fraction of sp³-hybridized carbons (Fsp3) is 0.444. The Hall–Kier alpha value is -2.32. The van der Waals surface area contributed by atoms with Crippen molar-refractivity contribution < 1.29 is 14.5 Å². The Morgan fingerprint density at radius 1 is 1.42 bits per heavy atom. The van der Waals surface area contributed by atoms with Crippen LogP contribution in [-0.4, -0.2) is 46.6 Å². The smallest absolute Gasteiger partial charge is 0.531 e. The van der Waals surface area contributed by atoms with E-state index < -0.39 is 7.12 Å². The quantitative estimate of drug-likeness (QED) is 0.618. The maximum Gasteiger partial charge on any atom is 0.552 e. The first-order valence-electron chi connectivity index (χ1n) is 9.25. The first kappa shape index (κ1) is 15.9. The summed E-state index contributed by atoms with van der Waals surface area (Å²) in [6.45, 7) is 0.924. The predicted molar refractivity (Wildman–Crippen MR) is 98.4 cm³/mol. The number of rotatable bonds is 3. The van der Waals surface area contributed by atoms with Gasteiger partial charge in [-0.3, -0.25) is 4.79 Å². The molecular formula is C18H21BN4O3. The lowest BCUT2D eigenvalue weighted by Crippen LogP contribution is -2.50. The summed E-state index contributed by atoms with van der Waals surface area (Å²) in [7, 11) is -0.952. The van der Waals surface area contributed by atoms with Crippen LogP contribution in [0.2, 0.25) is 0 Å². The van der Waals surface area contributed by atoms with E-state index in [9.17, 15) is 9.82 Å². The van der Waals surface area contributed by atoms with E-state index in [1.54, 1.807) is 12.2 Å². The van der Waals surface area contributed by atoms with Crippen LogP contribution in [0.4, 0.5) is 0 Å². The van der Waals surface area contributed by atoms with Crippen LogP contribution < -0.4 is 15.3 Å². The summed E-state index contributed by atoms with van der Waals surface area (Å²) in [6, 6.07) is 2.15. The van der Waals surface area contributed by atoms with Crippen LogP contribution in [0.3, 0.4) is 0 Å². The summed E-state index contributed by atoms with van der Waals surface area (Å²) in [5.74, 6) is 2.82. The Morgan fingerprint density at radius 2 is 2.31 bits per heavy atom. The van der Waals surface area contributed by atoms with E-state index in [0.717, 1.165) is 54.4 Å². The summed E-state index contributed by atoms with van der Waals surface area (Å²) in [4.78, 5) is 19.7. The van der Waals surface area contributed by atoms with Crippen molar-refractivity contribution in [3.8, 4) is 5.75 Å². The highest BCUT2D eigenvalue weighted by molar-refractivity contribution is 6.52. The van der Waals surface area contributed by atoms with E-state index in [0.29, 0.717) is 11.7 Å². The number of fused-ring (bicyclic) bond motifs is 3. The van der Waals surface area contributed by atoms with Crippen LogP contribution in [-0.2, 0) is 4.79 Å². The Bertz CT molecular complexity index is 884. The van der Waals surface area contributed by atoms with Gasteiger partial charge in [-0.25, -0.2) is 4.98 Å². The number of hydrogen-bond acceptors (Lipinski definition) is 5. The molecule has 26 heavy (non-hydrogen) atoms.